The van der Waals surface area contributed by atoms with Crippen molar-refractivity contribution < 1.29 is 0 Å². The van der Waals surface area contributed by atoms with E-state index in [9.17, 15) is 0 Å². The second-order valence-electron chi connectivity index (χ2n) is 3.82. The molecule has 1 heterocycles. The van der Waals surface area contributed by atoms with Crippen LogP contribution in [0.3, 0.4) is 0 Å². The molecular weight excluding hydrogens is 184 g/mol. The lowest BCUT2D eigenvalue weighted by Gasteiger charge is -2.04. The van der Waals surface area contributed by atoms with Gasteiger partial charge in [-0.2, -0.15) is 0 Å². The molecule has 1 aromatic heterocycles. The molecule has 2 aromatic rings. The molecule has 0 bridgehead atoms. The lowest BCUT2D eigenvalue weighted by Crippen LogP contribution is -1.92. The first-order chi connectivity index (χ1) is 7.15. The Morgan fingerprint density at radius 2 is 1.67 bits per heavy atom. The Morgan fingerprint density at radius 3 is 2.27 bits per heavy atom. The largest absolute Gasteiger partial charge is 0.384 e. The highest BCUT2D eigenvalue weighted by Crippen LogP contribution is 2.20. The number of anilines is 1. The molecule has 2 N–H and O–H groups in total. The normalized spacial score (nSPS) is 10.3. The first-order valence-corrected chi connectivity index (χ1v) is 4.96. The standard InChI is InChI=1S/C13H14N2/c1-9-6-10(2)8-11(7-9)12-4-3-5-13(14)15-12/h3-8H,1-2H3,(H2,14,15). The van der Waals surface area contributed by atoms with Crippen molar-refractivity contribution in [2.24, 2.45) is 0 Å². The van der Waals surface area contributed by atoms with Gasteiger partial charge in [0.25, 0.3) is 0 Å². The van der Waals surface area contributed by atoms with Crippen LogP contribution in [0.4, 0.5) is 5.82 Å². The lowest BCUT2D eigenvalue weighted by atomic mass is 10.0. The van der Waals surface area contributed by atoms with Crippen LogP contribution in [0.2, 0.25) is 0 Å². The molecule has 0 spiro atoms. The van der Waals surface area contributed by atoms with E-state index >= 15 is 0 Å². The highest BCUT2D eigenvalue weighted by atomic mass is 14.8. The predicted molar refractivity (Wildman–Crippen MR) is 63.6 cm³/mol. The third-order valence-corrected chi connectivity index (χ3v) is 2.29. The zero-order chi connectivity index (χ0) is 10.8. The zero-order valence-corrected chi connectivity index (χ0v) is 8.99. The van der Waals surface area contributed by atoms with Crippen LogP contribution >= 0.6 is 0 Å². The second-order valence-corrected chi connectivity index (χ2v) is 3.82. The van der Waals surface area contributed by atoms with Crippen molar-refractivity contribution in [2.45, 2.75) is 13.8 Å². The Balaban J connectivity index is 2.54. The average molecular weight is 198 g/mol. The first kappa shape index (κ1) is 9.71. The highest BCUT2D eigenvalue weighted by molar-refractivity contribution is 5.62. The summed E-state index contributed by atoms with van der Waals surface area (Å²) in [5.74, 6) is 0.562. The van der Waals surface area contributed by atoms with Crippen molar-refractivity contribution in [1.82, 2.24) is 4.98 Å². The number of nitrogen functional groups attached to an aromatic ring is 1. The fraction of sp³-hybridized carbons (Fsp3) is 0.154. The Labute approximate surface area is 89.8 Å². The van der Waals surface area contributed by atoms with Crippen LogP contribution in [-0.4, -0.2) is 4.98 Å². The molecule has 0 amide bonds. The summed E-state index contributed by atoms with van der Waals surface area (Å²) in [5, 5.41) is 0. The lowest BCUT2D eigenvalue weighted by molar-refractivity contribution is 1.31. The van der Waals surface area contributed by atoms with Crippen LogP contribution in [0.15, 0.2) is 36.4 Å². The fourth-order valence-electron chi connectivity index (χ4n) is 1.73. The zero-order valence-electron chi connectivity index (χ0n) is 8.99. The van der Waals surface area contributed by atoms with Gasteiger partial charge in [0.05, 0.1) is 5.69 Å². The molecule has 2 heteroatoms. The summed E-state index contributed by atoms with van der Waals surface area (Å²) in [6.45, 7) is 4.17. The molecule has 0 unspecified atom stereocenters. The van der Waals surface area contributed by atoms with Crippen LogP contribution in [-0.2, 0) is 0 Å². The number of hydrogen-bond acceptors (Lipinski definition) is 2. The minimum atomic E-state index is 0.562. The van der Waals surface area contributed by atoms with Gasteiger partial charge in [-0.25, -0.2) is 4.98 Å². The van der Waals surface area contributed by atoms with Gasteiger partial charge in [-0.05, 0) is 38.1 Å². The number of pyridine rings is 1. The molecule has 76 valence electrons. The van der Waals surface area contributed by atoms with Crippen LogP contribution in [0.1, 0.15) is 11.1 Å². The molecule has 15 heavy (non-hydrogen) atoms. The Morgan fingerprint density at radius 1 is 1.00 bits per heavy atom. The molecule has 0 saturated carbocycles. The van der Waals surface area contributed by atoms with Gasteiger partial charge in [-0.15, -0.1) is 0 Å². The minimum Gasteiger partial charge on any atom is -0.384 e. The molecule has 0 radical (unpaired) electrons. The summed E-state index contributed by atoms with van der Waals surface area (Å²) in [6, 6.07) is 12.1. The maximum Gasteiger partial charge on any atom is 0.124 e. The molecule has 0 aliphatic rings. The van der Waals surface area contributed by atoms with Crippen molar-refractivity contribution in [3.63, 3.8) is 0 Å². The third-order valence-electron chi connectivity index (χ3n) is 2.29. The number of aryl methyl sites for hydroxylation is 2. The SMILES string of the molecule is Cc1cc(C)cc(-c2cccc(N)n2)c1. The number of aromatic nitrogens is 1. The van der Waals surface area contributed by atoms with E-state index in [4.69, 9.17) is 5.73 Å². The Bertz CT molecular complexity index is 469. The van der Waals surface area contributed by atoms with Gasteiger partial charge < -0.3 is 5.73 Å². The van der Waals surface area contributed by atoms with Crippen molar-refractivity contribution in [2.75, 3.05) is 5.73 Å². The van der Waals surface area contributed by atoms with Gasteiger partial charge in [0.1, 0.15) is 5.82 Å². The van der Waals surface area contributed by atoms with Gasteiger partial charge in [0, 0.05) is 5.56 Å². The van der Waals surface area contributed by atoms with E-state index in [-0.39, 0.29) is 0 Å². The number of benzene rings is 1. The molecule has 0 atom stereocenters. The van der Waals surface area contributed by atoms with E-state index < -0.39 is 0 Å². The van der Waals surface area contributed by atoms with E-state index in [1.807, 2.05) is 12.1 Å². The summed E-state index contributed by atoms with van der Waals surface area (Å²) >= 11 is 0. The quantitative estimate of drug-likeness (QED) is 0.765. The monoisotopic (exact) mass is 198 g/mol. The van der Waals surface area contributed by atoms with Gasteiger partial charge in [0.15, 0.2) is 0 Å². The third kappa shape index (κ3) is 2.15. The molecule has 1 aromatic carbocycles. The van der Waals surface area contributed by atoms with Crippen LogP contribution in [0.5, 0.6) is 0 Å². The smallest absolute Gasteiger partial charge is 0.124 e. The Kier molecular flexibility index (Phi) is 2.42. The maximum atomic E-state index is 5.66. The molecule has 2 nitrogen and oxygen atoms in total. The summed E-state index contributed by atoms with van der Waals surface area (Å²) in [5.41, 5.74) is 10.2. The predicted octanol–water partition coefficient (Wildman–Crippen LogP) is 2.95. The number of rotatable bonds is 1. The highest BCUT2D eigenvalue weighted by Gasteiger charge is 2.00. The molecule has 0 saturated heterocycles. The van der Waals surface area contributed by atoms with Gasteiger partial charge in [-0.3, -0.25) is 0 Å². The van der Waals surface area contributed by atoms with Crippen molar-refractivity contribution >= 4 is 5.82 Å². The van der Waals surface area contributed by atoms with E-state index in [2.05, 4.69) is 37.0 Å². The number of nitrogens with two attached hydrogens (primary N) is 1. The minimum absolute atomic E-state index is 0.562. The van der Waals surface area contributed by atoms with E-state index in [0.717, 1.165) is 11.3 Å². The summed E-state index contributed by atoms with van der Waals surface area (Å²) < 4.78 is 0. The molecule has 2 rings (SSSR count). The van der Waals surface area contributed by atoms with Crippen LogP contribution in [0.25, 0.3) is 11.3 Å². The first-order valence-electron chi connectivity index (χ1n) is 4.96. The maximum absolute atomic E-state index is 5.66. The molecule has 0 aliphatic carbocycles. The fourth-order valence-corrected chi connectivity index (χ4v) is 1.73. The van der Waals surface area contributed by atoms with E-state index in [1.165, 1.54) is 11.1 Å². The van der Waals surface area contributed by atoms with Gasteiger partial charge >= 0.3 is 0 Å². The van der Waals surface area contributed by atoms with E-state index in [0.29, 0.717) is 5.82 Å². The van der Waals surface area contributed by atoms with Crippen molar-refractivity contribution in [1.29, 1.82) is 0 Å². The number of hydrogen-bond donors (Lipinski definition) is 1. The van der Waals surface area contributed by atoms with Crippen LogP contribution < -0.4 is 5.73 Å². The Hall–Kier alpha value is -1.83. The topological polar surface area (TPSA) is 38.9 Å². The molecule has 0 aliphatic heterocycles. The van der Waals surface area contributed by atoms with Crippen LogP contribution in [0, 0.1) is 13.8 Å². The van der Waals surface area contributed by atoms with Crippen molar-refractivity contribution in [3.8, 4) is 11.3 Å². The molecule has 0 fully saturated rings. The second kappa shape index (κ2) is 3.73. The average Bonchev–Trinajstić information content (AvgIpc) is 2.16. The number of nitrogens with zero attached hydrogens (tertiary/aromatic N) is 1. The van der Waals surface area contributed by atoms with Gasteiger partial charge in [-0.1, -0.05) is 23.3 Å². The molecular formula is C13H14N2. The summed E-state index contributed by atoms with van der Waals surface area (Å²) in [4.78, 5) is 4.30. The van der Waals surface area contributed by atoms with Crippen molar-refractivity contribution in [3.05, 3.63) is 47.5 Å². The summed E-state index contributed by atoms with van der Waals surface area (Å²) in [7, 11) is 0. The van der Waals surface area contributed by atoms with E-state index in [1.54, 1.807) is 6.07 Å². The summed E-state index contributed by atoms with van der Waals surface area (Å²) in [6.07, 6.45) is 0. The van der Waals surface area contributed by atoms with Gasteiger partial charge in [0.2, 0.25) is 0 Å².